The van der Waals surface area contributed by atoms with Crippen molar-refractivity contribution in [1.29, 1.82) is 0 Å². The molecule has 0 saturated heterocycles. The molecule has 0 aliphatic heterocycles. The van der Waals surface area contributed by atoms with Gasteiger partial charge in [-0.05, 0) is 48.6 Å². The van der Waals surface area contributed by atoms with Crippen molar-refractivity contribution in [2.75, 3.05) is 6.54 Å². The van der Waals surface area contributed by atoms with Gasteiger partial charge in [0.15, 0.2) is 6.04 Å². The van der Waals surface area contributed by atoms with Gasteiger partial charge in [-0.3, -0.25) is 14.4 Å². The van der Waals surface area contributed by atoms with Crippen molar-refractivity contribution in [3.8, 4) is 0 Å². The Morgan fingerprint density at radius 2 is 1.84 bits per heavy atom. The largest absolute Gasteiger partial charge is 0.467 e. The van der Waals surface area contributed by atoms with Crippen LogP contribution in [0.3, 0.4) is 0 Å². The van der Waals surface area contributed by atoms with Gasteiger partial charge in [0.2, 0.25) is 5.91 Å². The van der Waals surface area contributed by atoms with Gasteiger partial charge in [0.1, 0.15) is 11.5 Å². The van der Waals surface area contributed by atoms with Crippen LogP contribution in [0.15, 0.2) is 63.1 Å². The molecule has 3 aromatic rings. The zero-order valence-electron chi connectivity index (χ0n) is 17.5. The fraction of sp³-hybridized carbons (Fsp3) is 0.348. The lowest BCUT2D eigenvalue weighted by Crippen LogP contribution is -2.48. The second-order valence-electron chi connectivity index (χ2n) is 7.67. The van der Waals surface area contributed by atoms with E-state index in [1.54, 1.807) is 41.8 Å². The zero-order valence-corrected chi connectivity index (χ0v) is 18.3. The van der Waals surface area contributed by atoms with E-state index in [1.165, 1.54) is 28.8 Å². The number of nitrogens with one attached hydrogen (secondary N) is 2. The van der Waals surface area contributed by atoms with Crippen molar-refractivity contribution in [3.63, 3.8) is 0 Å². The minimum absolute atomic E-state index is 0.0597. The molecule has 0 unspecified atom stereocenters. The molecule has 32 heavy (non-hydrogen) atoms. The normalized spacial score (nSPS) is 14.8. The minimum atomic E-state index is -0.984. The van der Waals surface area contributed by atoms with E-state index in [2.05, 4.69) is 10.6 Å². The fourth-order valence-electron chi connectivity index (χ4n) is 3.87. The van der Waals surface area contributed by atoms with Gasteiger partial charge in [-0.1, -0.05) is 18.9 Å². The maximum Gasteiger partial charge on any atom is 0.261 e. The molecular formula is C23H25N3O5S. The minimum Gasteiger partial charge on any atom is -0.467 e. The van der Waals surface area contributed by atoms with Gasteiger partial charge in [0, 0.05) is 6.04 Å². The lowest BCUT2D eigenvalue weighted by molar-refractivity contribution is -0.142. The molecule has 3 heterocycles. The Morgan fingerprint density at radius 3 is 2.50 bits per heavy atom. The highest BCUT2D eigenvalue weighted by Gasteiger charge is 2.35. The summed E-state index contributed by atoms with van der Waals surface area (Å²) in [6.45, 7) is -0.199. The smallest absolute Gasteiger partial charge is 0.261 e. The third-order valence-electron chi connectivity index (χ3n) is 5.45. The van der Waals surface area contributed by atoms with Gasteiger partial charge >= 0.3 is 0 Å². The third-order valence-corrected chi connectivity index (χ3v) is 6.31. The van der Waals surface area contributed by atoms with E-state index in [0.717, 1.165) is 25.7 Å². The summed E-state index contributed by atoms with van der Waals surface area (Å²) in [5, 5.41) is 7.50. The lowest BCUT2D eigenvalue weighted by Gasteiger charge is -2.30. The summed E-state index contributed by atoms with van der Waals surface area (Å²) in [6.07, 6.45) is 6.95. The summed E-state index contributed by atoms with van der Waals surface area (Å²) in [6, 6.07) is 9.36. The Morgan fingerprint density at radius 1 is 1.06 bits per heavy atom. The van der Waals surface area contributed by atoms with Crippen LogP contribution in [0.5, 0.6) is 0 Å². The Kier molecular flexibility index (Phi) is 7.06. The van der Waals surface area contributed by atoms with Gasteiger partial charge in [0.05, 0.1) is 30.5 Å². The van der Waals surface area contributed by atoms with E-state index in [1.807, 2.05) is 0 Å². The van der Waals surface area contributed by atoms with Gasteiger partial charge in [-0.2, -0.15) is 0 Å². The standard InChI is InChI=1S/C23H25N3O5S/c27-20(14-24-22(28)19-10-5-13-32-19)26(15-17-8-3-11-30-17)21(18-9-4-12-31-18)23(29)25-16-6-1-2-7-16/h3-5,8-13,16,21H,1-2,6-7,14-15H2,(H,24,28)(H,25,29)/t21-/m1/s1. The Hall–Kier alpha value is -3.33. The van der Waals surface area contributed by atoms with Crippen LogP contribution in [0.25, 0.3) is 0 Å². The molecule has 1 aliphatic rings. The molecule has 4 rings (SSSR count). The molecule has 8 nitrogen and oxygen atoms in total. The lowest BCUT2D eigenvalue weighted by atomic mass is 10.1. The maximum atomic E-state index is 13.3. The second-order valence-corrected chi connectivity index (χ2v) is 8.62. The first-order valence-corrected chi connectivity index (χ1v) is 11.5. The number of carbonyl (C=O) groups is 3. The van der Waals surface area contributed by atoms with Crippen LogP contribution >= 0.6 is 11.3 Å². The molecule has 1 fully saturated rings. The van der Waals surface area contributed by atoms with Crippen LogP contribution in [0, 0.1) is 0 Å². The van der Waals surface area contributed by atoms with Gasteiger partial charge < -0.3 is 24.4 Å². The average Bonchev–Trinajstić information content (AvgIpc) is 3.59. The maximum absolute atomic E-state index is 13.3. The highest BCUT2D eigenvalue weighted by atomic mass is 32.1. The Labute approximate surface area is 189 Å². The van der Waals surface area contributed by atoms with Crippen molar-refractivity contribution in [2.24, 2.45) is 0 Å². The predicted molar refractivity (Wildman–Crippen MR) is 118 cm³/mol. The van der Waals surface area contributed by atoms with E-state index in [0.29, 0.717) is 16.4 Å². The first-order chi connectivity index (χ1) is 15.6. The highest BCUT2D eigenvalue weighted by Crippen LogP contribution is 2.26. The number of amides is 3. The average molecular weight is 456 g/mol. The van der Waals surface area contributed by atoms with Gasteiger partial charge in [-0.15, -0.1) is 11.3 Å². The monoisotopic (exact) mass is 455 g/mol. The molecular weight excluding hydrogens is 430 g/mol. The molecule has 0 spiro atoms. The number of hydrogen-bond acceptors (Lipinski definition) is 6. The molecule has 0 radical (unpaired) electrons. The SMILES string of the molecule is O=C(NCC(=O)N(Cc1ccco1)[C@@H](C(=O)NC1CCCC1)c1ccco1)c1cccs1. The first kappa shape index (κ1) is 21.9. The summed E-state index contributed by atoms with van der Waals surface area (Å²) >= 11 is 1.29. The Balaban J connectivity index is 1.55. The van der Waals surface area contributed by atoms with Crippen molar-refractivity contribution in [3.05, 3.63) is 70.7 Å². The zero-order chi connectivity index (χ0) is 22.3. The van der Waals surface area contributed by atoms with Crippen molar-refractivity contribution >= 4 is 29.1 Å². The number of rotatable bonds is 9. The molecule has 0 bridgehead atoms. The molecule has 1 atom stereocenters. The topological polar surface area (TPSA) is 105 Å². The first-order valence-electron chi connectivity index (χ1n) is 10.6. The number of carbonyl (C=O) groups excluding carboxylic acids is 3. The number of thiophene rings is 1. The van der Waals surface area contributed by atoms with E-state index in [4.69, 9.17) is 8.83 Å². The Bertz CT molecular complexity index is 1010. The summed E-state index contributed by atoms with van der Waals surface area (Å²) in [5.74, 6) is -0.194. The predicted octanol–water partition coefficient (Wildman–Crippen LogP) is 3.49. The van der Waals surface area contributed by atoms with E-state index in [9.17, 15) is 14.4 Å². The van der Waals surface area contributed by atoms with E-state index in [-0.39, 0.29) is 30.9 Å². The summed E-state index contributed by atoms with van der Waals surface area (Å²) in [4.78, 5) is 40.8. The molecule has 2 N–H and O–H groups in total. The second kappa shape index (κ2) is 10.3. The van der Waals surface area contributed by atoms with Gasteiger partial charge in [0.25, 0.3) is 11.8 Å². The third kappa shape index (κ3) is 5.28. The quantitative estimate of drug-likeness (QED) is 0.514. The number of furan rings is 2. The summed E-state index contributed by atoms with van der Waals surface area (Å²) < 4.78 is 11.0. The van der Waals surface area contributed by atoms with E-state index < -0.39 is 11.9 Å². The number of nitrogens with zero attached hydrogens (tertiary/aromatic N) is 1. The fourth-order valence-corrected chi connectivity index (χ4v) is 4.51. The van der Waals surface area contributed by atoms with Crippen molar-refractivity contribution < 1.29 is 23.2 Å². The summed E-state index contributed by atoms with van der Waals surface area (Å²) in [5.41, 5.74) is 0. The van der Waals surface area contributed by atoms with Crippen molar-refractivity contribution in [1.82, 2.24) is 15.5 Å². The van der Waals surface area contributed by atoms with E-state index >= 15 is 0 Å². The molecule has 1 saturated carbocycles. The molecule has 3 aromatic heterocycles. The molecule has 0 aromatic carbocycles. The molecule has 168 valence electrons. The van der Waals surface area contributed by atoms with Gasteiger partial charge in [-0.25, -0.2) is 0 Å². The molecule has 1 aliphatic carbocycles. The van der Waals surface area contributed by atoms with Crippen LogP contribution in [0.2, 0.25) is 0 Å². The van der Waals surface area contributed by atoms with Crippen LogP contribution in [0.1, 0.15) is 52.9 Å². The number of hydrogen-bond donors (Lipinski definition) is 2. The van der Waals surface area contributed by atoms with Crippen LogP contribution < -0.4 is 10.6 Å². The summed E-state index contributed by atoms with van der Waals surface area (Å²) in [7, 11) is 0. The molecule has 3 amide bonds. The molecule has 9 heteroatoms. The van der Waals surface area contributed by atoms with Crippen LogP contribution in [0.4, 0.5) is 0 Å². The highest BCUT2D eigenvalue weighted by molar-refractivity contribution is 7.12. The van der Waals surface area contributed by atoms with Crippen LogP contribution in [-0.4, -0.2) is 35.2 Å². The van der Waals surface area contributed by atoms with Crippen LogP contribution in [-0.2, 0) is 16.1 Å². The van der Waals surface area contributed by atoms with Crippen molar-refractivity contribution in [2.45, 2.75) is 44.3 Å².